The fourth-order valence-electron chi connectivity index (χ4n) is 2.22. The molecule has 0 bridgehead atoms. The third-order valence-electron chi connectivity index (χ3n) is 3.55. The molecule has 2 aromatic rings. The molecule has 2 aromatic carbocycles. The van der Waals surface area contributed by atoms with Gasteiger partial charge in [-0.25, -0.2) is 8.78 Å². The largest absolute Gasteiger partial charge is 0.332 e. The molecule has 0 unspecified atom stereocenters. The highest BCUT2D eigenvalue weighted by molar-refractivity contribution is 9.10. The average molecular weight is 384 g/mol. The number of carbonyl (C=O) groups is 1. The lowest BCUT2D eigenvalue weighted by atomic mass is 10.1. The number of halogens is 3. The first-order valence-corrected chi connectivity index (χ1v) is 8.00. The van der Waals surface area contributed by atoms with Gasteiger partial charge in [0.05, 0.1) is 0 Å². The predicted molar refractivity (Wildman–Crippen MR) is 89.1 cm³/mol. The summed E-state index contributed by atoms with van der Waals surface area (Å²) in [7, 11) is 0. The van der Waals surface area contributed by atoms with E-state index in [1.165, 1.54) is 12.1 Å². The fraction of sp³-hybridized carbons (Fsp3) is 0.235. The Bertz CT molecular complexity index is 722. The van der Waals surface area contributed by atoms with Crippen LogP contribution in [0.5, 0.6) is 0 Å². The van der Waals surface area contributed by atoms with Crippen LogP contribution in [0, 0.1) is 18.6 Å². The fourth-order valence-corrected chi connectivity index (χ4v) is 2.46. The van der Waals surface area contributed by atoms with Gasteiger partial charge in [0.25, 0.3) is 5.91 Å². The Balaban J connectivity index is 1.91. The molecule has 0 heterocycles. The topological polar surface area (TPSA) is 45.7 Å². The zero-order valence-electron chi connectivity index (χ0n) is 12.9. The van der Waals surface area contributed by atoms with Crippen molar-refractivity contribution < 1.29 is 18.9 Å². The smallest absolute Gasteiger partial charge is 0.279 e. The average Bonchev–Trinajstić information content (AvgIpc) is 2.48. The van der Waals surface area contributed by atoms with Gasteiger partial charge in [-0.2, -0.15) is 0 Å². The summed E-state index contributed by atoms with van der Waals surface area (Å²) in [4.78, 5) is 12.0. The number of nitrogens with one attached hydrogen (secondary N) is 1. The van der Waals surface area contributed by atoms with E-state index in [0.717, 1.165) is 16.1 Å². The van der Waals surface area contributed by atoms with Crippen LogP contribution in [0.2, 0.25) is 0 Å². The van der Waals surface area contributed by atoms with Gasteiger partial charge in [0.2, 0.25) is 0 Å². The molecule has 23 heavy (non-hydrogen) atoms. The summed E-state index contributed by atoms with van der Waals surface area (Å²) < 4.78 is 27.6. The highest BCUT2D eigenvalue weighted by atomic mass is 79.9. The molecule has 0 saturated heterocycles. The Hall–Kier alpha value is -1.79. The summed E-state index contributed by atoms with van der Waals surface area (Å²) in [5.41, 5.74) is 2.11. The van der Waals surface area contributed by atoms with Crippen LogP contribution in [-0.4, -0.2) is 12.5 Å². The number of carbonyl (C=O) groups excluding carboxylic acids is 1. The van der Waals surface area contributed by atoms with E-state index < -0.39 is 11.6 Å². The van der Waals surface area contributed by atoms with Crippen molar-refractivity contribution in [2.45, 2.75) is 19.9 Å². The van der Waals surface area contributed by atoms with Crippen LogP contribution in [0.1, 0.15) is 24.1 Å². The van der Waals surface area contributed by atoms with Crippen LogP contribution in [-0.2, 0) is 4.79 Å². The highest BCUT2D eigenvalue weighted by Gasteiger charge is 2.16. The van der Waals surface area contributed by atoms with Gasteiger partial charge in [-0.05, 0) is 49.7 Å². The van der Waals surface area contributed by atoms with Gasteiger partial charge in [0.15, 0.2) is 6.54 Å². The van der Waals surface area contributed by atoms with E-state index in [0.29, 0.717) is 11.3 Å². The highest BCUT2D eigenvalue weighted by Crippen LogP contribution is 2.20. The third-order valence-corrected chi connectivity index (χ3v) is 4.44. The van der Waals surface area contributed by atoms with Crippen molar-refractivity contribution in [2.75, 3.05) is 11.9 Å². The summed E-state index contributed by atoms with van der Waals surface area (Å²) >= 11 is 3.40. The number of hydrogen-bond acceptors (Lipinski definition) is 1. The summed E-state index contributed by atoms with van der Waals surface area (Å²) in [5.74, 6) is -1.39. The van der Waals surface area contributed by atoms with E-state index in [-0.39, 0.29) is 18.5 Å². The number of hydrogen-bond donors (Lipinski definition) is 2. The quantitative estimate of drug-likeness (QED) is 0.817. The minimum atomic E-state index is -0.609. The molecule has 0 aliphatic rings. The van der Waals surface area contributed by atoms with Crippen LogP contribution in [0.3, 0.4) is 0 Å². The second-order valence-electron chi connectivity index (χ2n) is 5.41. The van der Waals surface area contributed by atoms with Crippen molar-refractivity contribution in [3.63, 3.8) is 0 Å². The van der Waals surface area contributed by atoms with E-state index in [2.05, 4.69) is 21.2 Å². The Morgan fingerprint density at radius 1 is 1.26 bits per heavy atom. The Labute approximate surface area is 142 Å². The Morgan fingerprint density at radius 2 is 2.00 bits per heavy atom. The van der Waals surface area contributed by atoms with Crippen molar-refractivity contribution in [2.24, 2.45) is 0 Å². The molecular formula is C17H18BrF2N2O+. The number of nitrogens with two attached hydrogens (primary N) is 1. The van der Waals surface area contributed by atoms with Gasteiger partial charge in [-0.15, -0.1) is 0 Å². The molecule has 0 radical (unpaired) electrons. The number of benzene rings is 2. The predicted octanol–water partition coefficient (Wildman–Crippen LogP) is 3.30. The van der Waals surface area contributed by atoms with E-state index in [1.807, 2.05) is 19.1 Å². The van der Waals surface area contributed by atoms with Crippen molar-refractivity contribution >= 4 is 27.5 Å². The molecule has 0 aliphatic heterocycles. The van der Waals surface area contributed by atoms with Gasteiger partial charge < -0.3 is 10.6 Å². The lowest BCUT2D eigenvalue weighted by Crippen LogP contribution is -2.86. The van der Waals surface area contributed by atoms with Crippen molar-refractivity contribution in [1.82, 2.24) is 0 Å². The first kappa shape index (κ1) is 17.6. The van der Waals surface area contributed by atoms with Crippen LogP contribution in [0.15, 0.2) is 40.9 Å². The molecule has 1 amide bonds. The lowest BCUT2D eigenvalue weighted by molar-refractivity contribution is -0.682. The van der Waals surface area contributed by atoms with Crippen LogP contribution < -0.4 is 10.6 Å². The van der Waals surface area contributed by atoms with Gasteiger partial charge in [0, 0.05) is 21.8 Å². The molecule has 0 fully saturated rings. The maximum atomic E-state index is 13.7. The van der Waals surface area contributed by atoms with Crippen molar-refractivity contribution in [3.8, 4) is 0 Å². The number of amides is 1. The third kappa shape index (κ3) is 4.84. The van der Waals surface area contributed by atoms with Gasteiger partial charge in [0.1, 0.15) is 17.7 Å². The molecule has 0 saturated carbocycles. The molecule has 1 atom stereocenters. The molecule has 122 valence electrons. The van der Waals surface area contributed by atoms with E-state index in [9.17, 15) is 13.6 Å². The molecule has 0 aliphatic carbocycles. The molecule has 6 heteroatoms. The first-order chi connectivity index (χ1) is 10.9. The monoisotopic (exact) mass is 383 g/mol. The zero-order valence-corrected chi connectivity index (χ0v) is 14.5. The molecule has 0 spiro atoms. The second kappa shape index (κ2) is 7.66. The molecule has 3 N–H and O–H groups in total. The molecule has 0 aromatic heterocycles. The van der Waals surface area contributed by atoms with Crippen LogP contribution in [0.25, 0.3) is 0 Å². The van der Waals surface area contributed by atoms with Gasteiger partial charge in [-0.1, -0.05) is 15.9 Å². The summed E-state index contributed by atoms with van der Waals surface area (Å²) in [6.45, 7) is 3.85. The summed E-state index contributed by atoms with van der Waals surface area (Å²) in [6, 6.07) is 8.72. The molecule has 2 rings (SSSR count). The first-order valence-electron chi connectivity index (χ1n) is 7.21. The van der Waals surface area contributed by atoms with Gasteiger partial charge in [-0.3, -0.25) is 4.79 Å². The SMILES string of the molecule is Cc1cc(NC(=O)C[NH2+][C@@H](C)c2ccc(F)cc2F)ccc1Br. The summed E-state index contributed by atoms with van der Waals surface area (Å²) in [5, 5.41) is 4.50. The maximum Gasteiger partial charge on any atom is 0.279 e. The van der Waals surface area contributed by atoms with Crippen LogP contribution >= 0.6 is 15.9 Å². The molecular weight excluding hydrogens is 366 g/mol. The number of quaternary nitrogens is 1. The normalized spacial score (nSPS) is 12.0. The minimum Gasteiger partial charge on any atom is -0.332 e. The number of aryl methyl sites for hydroxylation is 1. The summed E-state index contributed by atoms with van der Waals surface area (Å²) in [6.07, 6.45) is 0. The van der Waals surface area contributed by atoms with E-state index in [4.69, 9.17) is 0 Å². The Morgan fingerprint density at radius 3 is 2.65 bits per heavy atom. The Kier molecular flexibility index (Phi) is 5.85. The minimum absolute atomic E-state index is 0.146. The van der Waals surface area contributed by atoms with Crippen LogP contribution in [0.4, 0.5) is 14.5 Å². The number of rotatable bonds is 5. The molecule has 3 nitrogen and oxygen atoms in total. The van der Waals surface area contributed by atoms with E-state index >= 15 is 0 Å². The van der Waals surface area contributed by atoms with Crippen molar-refractivity contribution in [3.05, 3.63) is 63.6 Å². The van der Waals surface area contributed by atoms with Crippen molar-refractivity contribution in [1.29, 1.82) is 0 Å². The van der Waals surface area contributed by atoms with Gasteiger partial charge >= 0.3 is 0 Å². The maximum absolute atomic E-state index is 13.7. The zero-order chi connectivity index (χ0) is 17.0. The standard InChI is InChI=1S/C17H17BrF2N2O/c1-10-7-13(4-6-15(10)18)22-17(23)9-21-11(2)14-5-3-12(19)8-16(14)20/h3-8,11,21H,9H2,1-2H3,(H,22,23)/p+1/t11-/m0/s1. The second-order valence-corrected chi connectivity index (χ2v) is 6.26. The number of anilines is 1. The van der Waals surface area contributed by atoms with E-state index in [1.54, 1.807) is 18.3 Å². The lowest BCUT2D eigenvalue weighted by Gasteiger charge is -2.12.